The SMILES string of the molecule is Cn1c(Cl)cnc1Cn1ccc(=O)c(C(=O)O)c1. The van der Waals surface area contributed by atoms with Crippen LogP contribution in [0.1, 0.15) is 16.2 Å². The number of rotatable bonds is 3. The Bertz CT molecular complexity index is 660. The second kappa shape index (κ2) is 4.66. The summed E-state index contributed by atoms with van der Waals surface area (Å²) < 4.78 is 3.25. The maximum Gasteiger partial charge on any atom is 0.341 e. The summed E-state index contributed by atoms with van der Waals surface area (Å²) in [5.41, 5.74) is -0.783. The number of aromatic carboxylic acids is 1. The van der Waals surface area contributed by atoms with Crippen molar-refractivity contribution in [1.29, 1.82) is 0 Å². The number of aromatic nitrogens is 3. The Morgan fingerprint density at radius 3 is 2.83 bits per heavy atom. The molecule has 94 valence electrons. The van der Waals surface area contributed by atoms with E-state index in [0.29, 0.717) is 17.5 Å². The average molecular weight is 268 g/mol. The van der Waals surface area contributed by atoms with E-state index in [-0.39, 0.29) is 5.56 Å². The normalized spacial score (nSPS) is 10.6. The number of hydrogen-bond donors (Lipinski definition) is 1. The first-order valence-electron chi connectivity index (χ1n) is 5.08. The van der Waals surface area contributed by atoms with Crippen molar-refractivity contribution in [1.82, 2.24) is 14.1 Å². The zero-order chi connectivity index (χ0) is 13.3. The molecule has 2 aromatic heterocycles. The zero-order valence-corrected chi connectivity index (χ0v) is 10.3. The van der Waals surface area contributed by atoms with Crippen LogP contribution in [0.4, 0.5) is 0 Å². The largest absolute Gasteiger partial charge is 0.477 e. The van der Waals surface area contributed by atoms with E-state index in [1.165, 1.54) is 24.7 Å². The molecule has 2 heterocycles. The molecule has 0 radical (unpaired) electrons. The van der Waals surface area contributed by atoms with Crippen LogP contribution in [-0.2, 0) is 13.6 Å². The van der Waals surface area contributed by atoms with Crippen LogP contribution in [0.2, 0.25) is 5.15 Å². The number of carboxylic acids is 1. The molecular weight excluding hydrogens is 258 g/mol. The molecule has 6 nitrogen and oxygen atoms in total. The monoisotopic (exact) mass is 267 g/mol. The molecule has 0 aliphatic heterocycles. The van der Waals surface area contributed by atoms with E-state index < -0.39 is 11.4 Å². The van der Waals surface area contributed by atoms with E-state index in [2.05, 4.69) is 4.98 Å². The highest BCUT2D eigenvalue weighted by molar-refractivity contribution is 6.29. The highest BCUT2D eigenvalue weighted by atomic mass is 35.5. The molecule has 0 spiro atoms. The van der Waals surface area contributed by atoms with Gasteiger partial charge < -0.3 is 14.2 Å². The van der Waals surface area contributed by atoms with E-state index in [1.54, 1.807) is 16.2 Å². The third-order valence-electron chi connectivity index (χ3n) is 2.56. The van der Waals surface area contributed by atoms with Gasteiger partial charge in [0.15, 0.2) is 5.43 Å². The van der Waals surface area contributed by atoms with Crippen molar-refractivity contribution in [2.24, 2.45) is 7.05 Å². The van der Waals surface area contributed by atoms with Gasteiger partial charge >= 0.3 is 5.97 Å². The Balaban J connectivity index is 2.36. The lowest BCUT2D eigenvalue weighted by atomic mass is 10.3. The van der Waals surface area contributed by atoms with Crippen molar-refractivity contribution >= 4 is 17.6 Å². The second-order valence-electron chi connectivity index (χ2n) is 3.76. The first kappa shape index (κ1) is 12.4. The first-order chi connectivity index (χ1) is 8.49. The number of hydrogen-bond acceptors (Lipinski definition) is 3. The number of pyridine rings is 1. The van der Waals surface area contributed by atoms with Gasteiger partial charge in [-0.2, -0.15) is 0 Å². The minimum atomic E-state index is -1.24. The summed E-state index contributed by atoms with van der Waals surface area (Å²) in [6.45, 7) is 0.337. The van der Waals surface area contributed by atoms with Crippen LogP contribution in [0.5, 0.6) is 0 Å². The molecule has 2 aromatic rings. The van der Waals surface area contributed by atoms with Gasteiger partial charge in [-0.1, -0.05) is 11.6 Å². The zero-order valence-electron chi connectivity index (χ0n) is 9.50. The topological polar surface area (TPSA) is 77.1 Å². The minimum absolute atomic E-state index is 0.266. The van der Waals surface area contributed by atoms with Gasteiger partial charge in [0, 0.05) is 25.5 Å². The van der Waals surface area contributed by atoms with Gasteiger partial charge in [0.1, 0.15) is 16.5 Å². The summed E-state index contributed by atoms with van der Waals surface area (Å²) in [6.07, 6.45) is 4.31. The molecule has 0 atom stereocenters. The maximum atomic E-state index is 11.3. The summed E-state index contributed by atoms with van der Waals surface area (Å²) in [5, 5.41) is 9.35. The van der Waals surface area contributed by atoms with Crippen molar-refractivity contribution in [2.75, 3.05) is 0 Å². The molecule has 2 rings (SSSR count). The second-order valence-corrected chi connectivity index (χ2v) is 4.14. The average Bonchev–Trinajstić information content (AvgIpc) is 2.63. The molecule has 18 heavy (non-hydrogen) atoms. The van der Waals surface area contributed by atoms with Gasteiger partial charge in [0.25, 0.3) is 0 Å². The van der Waals surface area contributed by atoms with Gasteiger partial charge in [-0.15, -0.1) is 0 Å². The van der Waals surface area contributed by atoms with Gasteiger partial charge in [-0.25, -0.2) is 9.78 Å². The van der Waals surface area contributed by atoms with Crippen LogP contribution in [0.25, 0.3) is 0 Å². The van der Waals surface area contributed by atoms with E-state index in [9.17, 15) is 9.59 Å². The molecule has 0 saturated heterocycles. The molecule has 0 amide bonds. The third kappa shape index (κ3) is 2.28. The van der Waals surface area contributed by atoms with Crippen molar-refractivity contribution in [2.45, 2.75) is 6.54 Å². The van der Waals surface area contributed by atoms with Gasteiger partial charge in [0.2, 0.25) is 0 Å². The van der Waals surface area contributed by atoms with Crippen LogP contribution in [0, 0.1) is 0 Å². The van der Waals surface area contributed by atoms with Crippen molar-refractivity contribution in [3.8, 4) is 0 Å². The predicted octanol–water partition coefficient (Wildman–Crippen LogP) is 0.982. The molecule has 0 saturated carbocycles. The smallest absolute Gasteiger partial charge is 0.341 e. The van der Waals surface area contributed by atoms with Crippen molar-refractivity contribution < 1.29 is 9.90 Å². The van der Waals surface area contributed by atoms with E-state index >= 15 is 0 Å². The number of imidazole rings is 1. The molecule has 0 bridgehead atoms. The molecule has 0 unspecified atom stereocenters. The van der Waals surface area contributed by atoms with Crippen LogP contribution < -0.4 is 5.43 Å². The van der Waals surface area contributed by atoms with Crippen molar-refractivity contribution in [3.63, 3.8) is 0 Å². The molecular formula is C11H10ClN3O3. The van der Waals surface area contributed by atoms with E-state index in [0.717, 1.165) is 0 Å². The fourth-order valence-electron chi connectivity index (χ4n) is 1.52. The number of carbonyl (C=O) groups is 1. The highest BCUT2D eigenvalue weighted by Gasteiger charge is 2.10. The number of nitrogens with zero attached hydrogens (tertiary/aromatic N) is 3. The van der Waals surface area contributed by atoms with E-state index in [1.807, 2.05) is 0 Å². The number of halogens is 1. The summed E-state index contributed by atoms with van der Waals surface area (Å²) in [4.78, 5) is 26.2. The lowest BCUT2D eigenvalue weighted by molar-refractivity contribution is 0.0694. The standard InChI is InChI=1S/C11H10ClN3O3/c1-14-9(12)4-13-10(14)6-15-3-2-8(16)7(5-15)11(17)18/h2-5H,6H2,1H3,(H,17,18). The molecule has 1 N–H and O–H groups in total. The van der Waals surface area contributed by atoms with Gasteiger partial charge in [0.05, 0.1) is 12.7 Å². The molecule has 0 fully saturated rings. The Kier molecular flexibility index (Phi) is 3.20. The van der Waals surface area contributed by atoms with Gasteiger partial charge in [-0.3, -0.25) is 4.79 Å². The van der Waals surface area contributed by atoms with Crippen molar-refractivity contribution in [3.05, 3.63) is 51.4 Å². The highest BCUT2D eigenvalue weighted by Crippen LogP contribution is 2.10. The summed E-state index contributed by atoms with van der Waals surface area (Å²) in [5.74, 6) is -0.577. The molecule has 0 aliphatic rings. The molecule has 0 aliphatic carbocycles. The van der Waals surface area contributed by atoms with Crippen LogP contribution >= 0.6 is 11.6 Å². The molecule has 7 heteroatoms. The Morgan fingerprint density at radius 1 is 1.56 bits per heavy atom. The first-order valence-corrected chi connectivity index (χ1v) is 5.46. The fourth-order valence-corrected chi connectivity index (χ4v) is 1.67. The quantitative estimate of drug-likeness (QED) is 0.899. The van der Waals surface area contributed by atoms with E-state index in [4.69, 9.17) is 16.7 Å². The Labute approximate surface area is 107 Å². The van der Waals surface area contributed by atoms with Crippen LogP contribution in [0.3, 0.4) is 0 Å². The lowest BCUT2D eigenvalue weighted by Gasteiger charge is -2.07. The van der Waals surface area contributed by atoms with Gasteiger partial charge in [-0.05, 0) is 0 Å². The maximum absolute atomic E-state index is 11.3. The minimum Gasteiger partial charge on any atom is -0.477 e. The van der Waals surface area contributed by atoms with Crippen LogP contribution in [0.15, 0.2) is 29.5 Å². The Morgan fingerprint density at radius 2 is 2.28 bits per heavy atom. The number of carboxylic acid groups (broad SMARTS) is 1. The summed E-state index contributed by atoms with van der Waals surface area (Å²) in [7, 11) is 1.76. The molecule has 0 aromatic carbocycles. The fraction of sp³-hybridized carbons (Fsp3) is 0.182. The lowest BCUT2D eigenvalue weighted by Crippen LogP contribution is -2.17. The van der Waals surface area contributed by atoms with Crippen LogP contribution in [-0.4, -0.2) is 25.2 Å². The Hall–Kier alpha value is -2.08. The summed E-state index contributed by atoms with van der Waals surface area (Å²) >= 11 is 5.85. The third-order valence-corrected chi connectivity index (χ3v) is 2.91. The summed E-state index contributed by atoms with van der Waals surface area (Å²) in [6, 6.07) is 1.22. The predicted molar refractivity (Wildman–Crippen MR) is 65.0 cm³/mol.